The predicted octanol–water partition coefficient (Wildman–Crippen LogP) is -2.38. The first-order valence-electron chi connectivity index (χ1n) is 21.0. The molecule has 0 fully saturated rings. The van der Waals surface area contributed by atoms with Gasteiger partial charge in [-0.1, -0.05) is 13.8 Å². The quantitative estimate of drug-likeness (QED) is 0.0255. The van der Waals surface area contributed by atoms with Crippen molar-refractivity contribution in [3.8, 4) is 0 Å². The Morgan fingerprint density at radius 2 is 0.672 bits per heavy atom. The van der Waals surface area contributed by atoms with Gasteiger partial charge >= 0.3 is 17.9 Å². The van der Waals surface area contributed by atoms with Gasteiger partial charge in [-0.3, -0.25) is 111 Å². The van der Waals surface area contributed by atoms with Crippen molar-refractivity contribution in [1.82, 2.24) is 43.4 Å². The second-order valence-electron chi connectivity index (χ2n) is 15.5. The van der Waals surface area contributed by atoms with Crippen LogP contribution in [-0.4, -0.2) is 114 Å². The van der Waals surface area contributed by atoms with Gasteiger partial charge in [0.05, 0.1) is 12.8 Å². The standard InChI is InChI=1S/C40H60N8O19/c1-5-23(27(51)16-26(22(4)50)10-14-38(63)64)7-11-29(53)41-43-31(55)17-33(57)45-47-35(59)19-40(67,39(65)66)20-36(60)48-46-34(58)18-32(56)44-42-30(54)12-8-25(21(3)49)15-28(52)24(6-2)9-13-37(61)62/h23-26,67H,5-20H2,1-4H3,(H,41,53)(H,42,54)(H,43,55)(H,44,56)(H,45,57)(H,46,58)(H,47,59)(H,48,60)(H,61,62)(H,63,64)(H,65,66). The molecule has 5 atom stereocenters. The van der Waals surface area contributed by atoms with Crippen molar-refractivity contribution in [2.75, 3.05) is 0 Å². The summed E-state index contributed by atoms with van der Waals surface area (Å²) in [4.78, 5) is 180. The number of carbonyl (C=O) groups is 15. The minimum atomic E-state index is -3.13. The topological polar surface area (TPSA) is 433 Å². The summed E-state index contributed by atoms with van der Waals surface area (Å²) in [6.07, 6.45) is -5.59. The molecule has 0 aromatic heterocycles. The Hall–Kier alpha value is -7.19. The van der Waals surface area contributed by atoms with Crippen LogP contribution < -0.4 is 43.4 Å². The van der Waals surface area contributed by atoms with Crippen LogP contribution in [0.1, 0.15) is 130 Å². The molecule has 0 aliphatic rings. The van der Waals surface area contributed by atoms with Gasteiger partial charge in [-0.15, -0.1) is 0 Å². The SMILES string of the molecule is CCC(CCC(=O)O)C(=O)CC(CCC(=O)NNC(=O)CC(=O)NNC(=O)CC(O)(CC(=O)NNC(=O)CC(=O)NNC(=O)CCC(CC)C(=O)CC(CCC(=O)O)C(C)=O)C(=O)O)C(C)=O. The zero-order chi connectivity index (χ0) is 51.4. The fraction of sp³-hybridized carbons (Fsp3) is 0.625. The van der Waals surface area contributed by atoms with Crippen LogP contribution in [0.25, 0.3) is 0 Å². The lowest BCUT2D eigenvalue weighted by Gasteiger charge is -2.22. The fourth-order valence-corrected chi connectivity index (χ4v) is 6.09. The zero-order valence-electron chi connectivity index (χ0n) is 37.5. The maximum Gasteiger partial charge on any atom is 0.336 e. The molecule has 0 heterocycles. The number of hydrazine groups is 4. The molecule has 0 rings (SSSR count). The number of carbonyl (C=O) groups excluding carboxylic acids is 12. The zero-order valence-corrected chi connectivity index (χ0v) is 37.5. The van der Waals surface area contributed by atoms with Gasteiger partial charge in [0, 0.05) is 62.2 Å². The highest BCUT2D eigenvalue weighted by molar-refractivity contribution is 6.00. The summed E-state index contributed by atoms with van der Waals surface area (Å²) in [6.45, 7) is 5.85. The summed E-state index contributed by atoms with van der Waals surface area (Å²) in [5.41, 5.74) is 11.7. The molecule has 0 saturated carbocycles. The first kappa shape index (κ1) is 59.8. The fourth-order valence-electron chi connectivity index (χ4n) is 6.09. The van der Waals surface area contributed by atoms with Crippen LogP contribution in [0, 0.1) is 23.7 Å². The van der Waals surface area contributed by atoms with E-state index in [9.17, 15) is 82.1 Å². The molecule has 0 bridgehead atoms. The Bertz CT molecular complexity index is 1890. The average molecular weight is 957 g/mol. The third-order valence-electron chi connectivity index (χ3n) is 10.1. The smallest absolute Gasteiger partial charge is 0.336 e. The number of hydrogen-bond acceptors (Lipinski definition) is 16. The van der Waals surface area contributed by atoms with E-state index in [1.165, 1.54) is 13.8 Å². The number of nitrogens with one attached hydrogen (secondary N) is 8. The maximum atomic E-state index is 12.7. The number of ketones is 4. The molecular weight excluding hydrogens is 896 g/mol. The number of Topliss-reactive ketones (excluding diaryl/α,β-unsaturated/α-hetero) is 4. The second kappa shape index (κ2) is 30.9. The summed E-state index contributed by atoms with van der Waals surface area (Å²) >= 11 is 0. The van der Waals surface area contributed by atoms with Gasteiger partial charge in [-0.25, -0.2) is 4.79 Å². The molecule has 8 amide bonds. The van der Waals surface area contributed by atoms with Crippen LogP contribution in [0.5, 0.6) is 0 Å². The van der Waals surface area contributed by atoms with E-state index in [0.717, 1.165) is 0 Å². The second-order valence-corrected chi connectivity index (χ2v) is 15.5. The molecule has 5 unspecified atom stereocenters. The minimum absolute atomic E-state index is 0.0200. The van der Waals surface area contributed by atoms with Gasteiger partial charge in [0.1, 0.15) is 36.0 Å². The van der Waals surface area contributed by atoms with Crippen LogP contribution >= 0.6 is 0 Å². The van der Waals surface area contributed by atoms with E-state index in [2.05, 4.69) is 0 Å². The third-order valence-corrected chi connectivity index (χ3v) is 10.1. The highest BCUT2D eigenvalue weighted by Crippen LogP contribution is 2.22. The Morgan fingerprint density at radius 3 is 0.955 bits per heavy atom. The lowest BCUT2D eigenvalue weighted by Crippen LogP contribution is -2.52. The van der Waals surface area contributed by atoms with Crippen molar-refractivity contribution >= 4 is 88.3 Å². The van der Waals surface area contributed by atoms with E-state index in [-0.39, 0.29) is 87.3 Å². The first-order valence-corrected chi connectivity index (χ1v) is 21.0. The molecule has 0 aliphatic heterocycles. The number of aliphatic carboxylic acids is 3. The van der Waals surface area contributed by atoms with Crippen molar-refractivity contribution in [2.24, 2.45) is 23.7 Å². The average Bonchev–Trinajstić information content (AvgIpc) is 3.23. The molecule has 0 aliphatic carbocycles. The first-order chi connectivity index (χ1) is 31.2. The highest BCUT2D eigenvalue weighted by atomic mass is 16.4. The normalized spacial score (nSPS) is 13.3. The molecule has 0 radical (unpaired) electrons. The van der Waals surface area contributed by atoms with Gasteiger partial charge in [0.15, 0.2) is 5.60 Å². The van der Waals surface area contributed by atoms with Gasteiger partial charge < -0.3 is 20.4 Å². The van der Waals surface area contributed by atoms with Crippen molar-refractivity contribution in [3.05, 3.63) is 0 Å². The molecule has 27 heteroatoms. The Morgan fingerprint density at radius 1 is 0.403 bits per heavy atom. The van der Waals surface area contributed by atoms with Crippen molar-refractivity contribution in [3.63, 3.8) is 0 Å². The van der Waals surface area contributed by atoms with Crippen molar-refractivity contribution in [2.45, 2.75) is 136 Å². The molecule has 374 valence electrons. The van der Waals surface area contributed by atoms with Gasteiger partial charge in [-0.05, 0) is 52.4 Å². The van der Waals surface area contributed by atoms with Gasteiger partial charge in [-0.2, -0.15) is 0 Å². The molecule has 27 nitrogen and oxygen atoms in total. The van der Waals surface area contributed by atoms with Crippen LogP contribution in [0.4, 0.5) is 0 Å². The van der Waals surface area contributed by atoms with E-state index >= 15 is 0 Å². The molecule has 12 N–H and O–H groups in total. The Balaban J connectivity index is 4.77. The molecule has 0 aromatic rings. The summed E-state index contributed by atoms with van der Waals surface area (Å²) < 4.78 is 0. The number of carboxylic acid groups (broad SMARTS) is 3. The largest absolute Gasteiger partial charge is 0.481 e. The number of hydrogen-bond donors (Lipinski definition) is 12. The van der Waals surface area contributed by atoms with Crippen molar-refractivity contribution in [1.29, 1.82) is 0 Å². The molecule has 0 saturated heterocycles. The minimum Gasteiger partial charge on any atom is -0.481 e. The summed E-state index contributed by atoms with van der Waals surface area (Å²) in [5.74, 6) is -17.4. The summed E-state index contributed by atoms with van der Waals surface area (Å²) in [5, 5.41) is 37.7. The molecular formula is C40H60N8O19. The monoisotopic (exact) mass is 956 g/mol. The van der Waals surface area contributed by atoms with E-state index < -0.39 is 120 Å². The summed E-state index contributed by atoms with van der Waals surface area (Å²) in [7, 11) is 0. The third kappa shape index (κ3) is 26.4. The van der Waals surface area contributed by atoms with E-state index in [1.54, 1.807) is 35.6 Å². The number of amides is 8. The van der Waals surface area contributed by atoms with Crippen LogP contribution in [-0.2, 0) is 71.9 Å². The van der Waals surface area contributed by atoms with E-state index in [4.69, 9.17) is 10.2 Å². The predicted molar refractivity (Wildman–Crippen MR) is 224 cm³/mol. The molecule has 67 heavy (non-hydrogen) atoms. The Labute approximate surface area is 383 Å². The van der Waals surface area contributed by atoms with Crippen LogP contribution in [0.2, 0.25) is 0 Å². The highest BCUT2D eigenvalue weighted by Gasteiger charge is 2.41. The van der Waals surface area contributed by atoms with Crippen LogP contribution in [0.3, 0.4) is 0 Å². The number of aliphatic hydroxyl groups is 1. The number of rotatable bonds is 31. The maximum absolute atomic E-state index is 12.7. The van der Waals surface area contributed by atoms with Crippen molar-refractivity contribution < 1.29 is 92.3 Å². The van der Waals surface area contributed by atoms with Crippen LogP contribution in [0.15, 0.2) is 0 Å². The summed E-state index contributed by atoms with van der Waals surface area (Å²) in [6, 6.07) is 0. The van der Waals surface area contributed by atoms with Gasteiger partial charge in [0.25, 0.3) is 0 Å². The van der Waals surface area contributed by atoms with E-state index in [0.29, 0.717) is 12.8 Å². The Kier molecular flexibility index (Phi) is 27.5. The van der Waals surface area contributed by atoms with E-state index in [1.807, 2.05) is 21.7 Å². The molecule has 0 aromatic carbocycles. The lowest BCUT2D eigenvalue weighted by molar-refractivity contribution is -0.165. The lowest BCUT2D eigenvalue weighted by atomic mass is 9.86. The van der Waals surface area contributed by atoms with Gasteiger partial charge in [0.2, 0.25) is 47.3 Å². The molecule has 0 spiro atoms. The number of carboxylic acids is 3.